The van der Waals surface area contributed by atoms with Crippen molar-refractivity contribution in [1.29, 1.82) is 0 Å². The average Bonchev–Trinajstić information content (AvgIpc) is 3.06. The van der Waals surface area contributed by atoms with Crippen LogP contribution in [0.5, 0.6) is 0 Å². The van der Waals surface area contributed by atoms with E-state index in [2.05, 4.69) is 21.5 Å². The van der Waals surface area contributed by atoms with Crippen LogP contribution in [-0.2, 0) is 7.05 Å². The number of fused-ring (bicyclic) bond motifs is 3. The number of carbonyl (C=O) groups excluding carboxylic acids is 1. The Morgan fingerprint density at radius 2 is 1.96 bits per heavy atom. The summed E-state index contributed by atoms with van der Waals surface area (Å²) in [5.74, 6) is 0.421. The Morgan fingerprint density at radius 1 is 1.17 bits per heavy atom. The second-order valence-electron chi connectivity index (χ2n) is 5.38. The molecule has 0 aliphatic heterocycles. The maximum atomic E-state index is 12.4. The second-order valence-corrected chi connectivity index (χ2v) is 6.38. The van der Waals surface area contributed by atoms with E-state index in [0.29, 0.717) is 11.4 Å². The van der Waals surface area contributed by atoms with Gasteiger partial charge in [0.05, 0.1) is 10.2 Å². The summed E-state index contributed by atoms with van der Waals surface area (Å²) in [6.45, 7) is 1.97. The van der Waals surface area contributed by atoms with E-state index in [1.54, 1.807) is 28.2 Å². The smallest absolute Gasteiger partial charge is 0.256 e. The minimum Gasteiger partial charge on any atom is -0.304 e. The fraction of sp³-hybridized carbons (Fsp3) is 0.118. The van der Waals surface area contributed by atoms with E-state index in [9.17, 15) is 4.79 Å². The van der Waals surface area contributed by atoms with E-state index in [1.807, 2.05) is 38.2 Å². The van der Waals surface area contributed by atoms with Crippen LogP contribution >= 0.6 is 11.3 Å². The number of aromatic nitrogens is 3. The van der Waals surface area contributed by atoms with Gasteiger partial charge in [0, 0.05) is 23.7 Å². The first kappa shape index (κ1) is 13.9. The molecule has 4 aromatic rings. The van der Waals surface area contributed by atoms with Crippen molar-refractivity contribution >= 4 is 43.5 Å². The third-order valence-corrected chi connectivity index (χ3v) is 4.82. The number of thiophene rings is 1. The minimum atomic E-state index is -0.160. The zero-order valence-electron chi connectivity index (χ0n) is 12.7. The molecule has 23 heavy (non-hydrogen) atoms. The highest BCUT2D eigenvalue weighted by Crippen LogP contribution is 2.37. The van der Waals surface area contributed by atoms with Crippen molar-refractivity contribution in [2.45, 2.75) is 6.92 Å². The Hall–Kier alpha value is -2.73. The molecule has 1 aromatic carbocycles. The van der Waals surface area contributed by atoms with Gasteiger partial charge in [-0.05, 0) is 31.2 Å². The van der Waals surface area contributed by atoms with Crippen molar-refractivity contribution in [3.05, 3.63) is 53.7 Å². The van der Waals surface area contributed by atoms with Crippen LogP contribution in [0.1, 0.15) is 16.1 Å². The van der Waals surface area contributed by atoms with Gasteiger partial charge in [0.25, 0.3) is 5.91 Å². The van der Waals surface area contributed by atoms with Crippen molar-refractivity contribution in [3.63, 3.8) is 0 Å². The molecule has 0 aliphatic carbocycles. The molecule has 0 unspecified atom stereocenters. The first-order valence-corrected chi connectivity index (χ1v) is 8.04. The van der Waals surface area contributed by atoms with E-state index < -0.39 is 0 Å². The second kappa shape index (κ2) is 5.17. The largest absolute Gasteiger partial charge is 0.304 e. The normalized spacial score (nSPS) is 11.2. The number of anilines is 1. The summed E-state index contributed by atoms with van der Waals surface area (Å²) in [7, 11) is 1.88. The predicted molar refractivity (Wildman–Crippen MR) is 93.0 cm³/mol. The molecule has 3 heterocycles. The highest BCUT2D eigenvalue weighted by molar-refractivity contribution is 7.26. The van der Waals surface area contributed by atoms with Crippen LogP contribution in [0.25, 0.3) is 20.4 Å². The number of benzene rings is 1. The van der Waals surface area contributed by atoms with Crippen LogP contribution in [0.2, 0.25) is 0 Å². The molecule has 1 amide bonds. The number of carbonyl (C=O) groups is 1. The molecular formula is C17H14N4OS. The molecule has 114 valence electrons. The van der Waals surface area contributed by atoms with Crippen LogP contribution in [0.4, 0.5) is 5.82 Å². The summed E-state index contributed by atoms with van der Waals surface area (Å²) < 4.78 is 2.75. The van der Waals surface area contributed by atoms with Crippen molar-refractivity contribution in [2.75, 3.05) is 5.32 Å². The average molecular weight is 322 g/mol. The molecule has 0 bridgehead atoms. The summed E-state index contributed by atoms with van der Waals surface area (Å²) >= 11 is 1.55. The maximum absolute atomic E-state index is 12.4. The van der Waals surface area contributed by atoms with E-state index in [-0.39, 0.29) is 5.91 Å². The van der Waals surface area contributed by atoms with Gasteiger partial charge in [-0.15, -0.1) is 11.3 Å². The predicted octanol–water partition coefficient (Wildman–Crippen LogP) is 3.74. The molecule has 0 saturated carbocycles. The zero-order valence-corrected chi connectivity index (χ0v) is 13.5. The Labute approximate surface area is 136 Å². The summed E-state index contributed by atoms with van der Waals surface area (Å²) in [6.07, 6.45) is 0. The molecule has 0 radical (unpaired) electrons. The topological polar surface area (TPSA) is 59.8 Å². The Bertz CT molecular complexity index is 1030. The van der Waals surface area contributed by atoms with E-state index in [0.717, 1.165) is 26.1 Å². The number of aryl methyl sites for hydroxylation is 2. The van der Waals surface area contributed by atoms with Gasteiger partial charge in [0.15, 0.2) is 5.82 Å². The molecule has 0 aliphatic rings. The van der Waals surface area contributed by atoms with Gasteiger partial charge in [0.1, 0.15) is 4.83 Å². The monoisotopic (exact) mass is 322 g/mol. The maximum Gasteiger partial charge on any atom is 0.256 e. The van der Waals surface area contributed by atoms with Crippen molar-refractivity contribution in [3.8, 4) is 0 Å². The Morgan fingerprint density at radius 3 is 2.74 bits per heavy atom. The van der Waals surface area contributed by atoms with Crippen LogP contribution in [0.3, 0.4) is 0 Å². The molecule has 1 N–H and O–H groups in total. The lowest BCUT2D eigenvalue weighted by molar-refractivity contribution is 0.102. The van der Waals surface area contributed by atoms with E-state index in [1.165, 1.54) is 0 Å². The number of hydrogen-bond donors (Lipinski definition) is 1. The van der Waals surface area contributed by atoms with Gasteiger partial charge in [-0.3, -0.25) is 9.48 Å². The first-order chi connectivity index (χ1) is 11.1. The molecule has 0 spiro atoms. The number of rotatable bonds is 2. The molecule has 0 fully saturated rings. The third-order valence-electron chi connectivity index (χ3n) is 3.73. The van der Waals surface area contributed by atoms with E-state index >= 15 is 0 Å². The molecule has 6 heteroatoms. The van der Waals surface area contributed by atoms with Crippen LogP contribution < -0.4 is 5.32 Å². The fourth-order valence-corrected chi connectivity index (χ4v) is 3.82. The number of pyridine rings is 1. The first-order valence-electron chi connectivity index (χ1n) is 7.23. The SMILES string of the molecule is Cc1ccc2c(n1)sc1c(NC(=O)c3ccccc3)nn(C)c12. The molecule has 4 rings (SSSR count). The summed E-state index contributed by atoms with van der Waals surface area (Å²) in [6, 6.07) is 13.2. The quantitative estimate of drug-likeness (QED) is 0.611. The van der Waals surface area contributed by atoms with Crippen LogP contribution in [-0.4, -0.2) is 20.7 Å². The molecule has 0 atom stereocenters. The zero-order chi connectivity index (χ0) is 16.0. The van der Waals surface area contributed by atoms with Crippen molar-refractivity contribution in [2.24, 2.45) is 7.05 Å². The summed E-state index contributed by atoms with van der Waals surface area (Å²) in [4.78, 5) is 17.9. The van der Waals surface area contributed by atoms with Crippen LogP contribution in [0.15, 0.2) is 42.5 Å². The van der Waals surface area contributed by atoms with Gasteiger partial charge in [0.2, 0.25) is 0 Å². The summed E-state index contributed by atoms with van der Waals surface area (Å²) in [5, 5.41) is 8.43. The Kier molecular flexibility index (Phi) is 3.12. The lowest BCUT2D eigenvalue weighted by Crippen LogP contribution is -2.12. The standard InChI is InChI=1S/C17H14N4OS/c1-10-8-9-12-13-14(23-17(12)18-10)15(20-21(13)2)19-16(22)11-6-4-3-5-7-11/h3-9H,1-2H3,(H,19,20,22). The lowest BCUT2D eigenvalue weighted by Gasteiger charge is -2.01. The number of hydrogen-bond acceptors (Lipinski definition) is 4. The minimum absolute atomic E-state index is 0.160. The van der Waals surface area contributed by atoms with E-state index in [4.69, 9.17) is 0 Å². The number of nitrogens with one attached hydrogen (secondary N) is 1. The number of nitrogens with zero attached hydrogens (tertiary/aromatic N) is 3. The summed E-state index contributed by atoms with van der Waals surface area (Å²) in [5.41, 5.74) is 2.59. The van der Waals surface area contributed by atoms with Gasteiger partial charge in [-0.1, -0.05) is 18.2 Å². The van der Waals surface area contributed by atoms with Gasteiger partial charge < -0.3 is 5.32 Å². The highest BCUT2D eigenvalue weighted by Gasteiger charge is 2.18. The van der Waals surface area contributed by atoms with Crippen molar-refractivity contribution in [1.82, 2.24) is 14.8 Å². The molecule has 3 aromatic heterocycles. The third kappa shape index (κ3) is 2.27. The van der Waals surface area contributed by atoms with Crippen LogP contribution in [0, 0.1) is 6.92 Å². The lowest BCUT2D eigenvalue weighted by atomic mass is 10.2. The fourth-order valence-electron chi connectivity index (χ4n) is 2.64. The molecule has 5 nitrogen and oxygen atoms in total. The van der Waals surface area contributed by atoms with Gasteiger partial charge >= 0.3 is 0 Å². The highest BCUT2D eigenvalue weighted by atomic mass is 32.1. The Balaban J connectivity index is 1.81. The van der Waals surface area contributed by atoms with Gasteiger partial charge in [-0.2, -0.15) is 5.10 Å². The van der Waals surface area contributed by atoms with Gasteiger partial charge in [-0.25, -0.2) is 4.98 Å². The molecular weight excluding hydrogens is 308 g/mol. The molecule has 0 saturated heterocycles. The number of amides is 1. The van der Waals surface area contributed by atoms with Crippen molar-refractivity contribution < 1.29 is 4.79 Å².